The molecule has 0 fully saturated rings. The highest BCUT2D eigenvalue weighted by atomic mass is 16.5. The number of rotatable bonds is 2. The van der Waals surface area contributed by atoms with Crippen LogP contribution in [-0.4, -0.2) is 12.6 Å². The van der Waals surface area contributed by atoms with Gasteiger partial charge in [0.1, 0.15) is 5.57 Å². The van der Waals surface area contributed by atoms with Gasteiger partial charge in [-0.25, -0.2) is 4.79 Å². The molecule has 0 unspecified atom stereocenters. The molecule has 0 amide bonds. The number of ether oxygens (including phenoxy) is 1. The second kappa shape index (κ2) is 4.63. The Labute approximate surface area is 60.9 Å². The molecule has 0 saturated carbocycles. The first kappa shape index (κ1) is 8.77. The van der Waals surface area contributed by atoms with E-state index in [4.69, 9.17) is 6.42 Å². The average molecular weight is 138 g/mol. The Morgan fingerprint density at radius 3 is 2.70 bits per heavy atom. The lowest BCUT2D eigenvalue weighted by molar-refractivity contribution is -0.138. The number of carbonyl (C=O) groups is 1. The van der Waals surface area contributed by atoms with Crippen molar-refractivity contribution < 1.29 is 9.53 Å². The van der Waals surface area contributed by atoms with E-state index in [2.05, 4.69) is 10.7 Å². The van der Waals surface area contributed by atoms with E-state index < -0.39 is 5.97 Å². The van der Waals surface area contributed by atoms with E-state index in [-0.39, 0.29) is 5.57 Å². The zero-order valence-electron chi connectivity index (χ0n) is 6.18. The molecule has 0 spiro atoms. The fourth-order valence-electron chi connectivity index (χ4n) is 0.469. The van der Waals surface area contributed by atoms with Crippen molar-refractivity contribution in [2.75, 3.05) is 6.61 Å². The quantitative estimate of drug-likeness (QED) is 0.325. The van der Waals surface area contributed by atoms with Crippen LogP contribution < -0.4 is 0 Å². The smallest absolute Gasteiger partial charge is 0.346 e. The maximum atomic E-state index is 10.8. The van der Waals surface area contributed by atoms with Crippen molar-refractivity contribution in [1.82, 2.24) is 0 Å². The van der Waals surface area contributed by atoms with E-state index in [1.165, 1.54) is 0 Å². The third-order valence-electron chi connectivity index (χ3n) is 0.940. The molecular formula is C8H10O2. The molecule has 54 valence electrons. The zero-order valence-corrected chi connectivity index (χ0v) is 6.18. The Kier molecular flexibility index (Phi) is 4.06. The van der Waals surface area contributed by atoms with Gasteiger partial charge in [0, 0.05) is 0 Å². The second-order valence-corrected chi connectivity index (χ2v) is 1.57. The highest BCUT2D eigenvalue weighted by Crippen LogP contribution is 1.94. The first-order valence-corrected chi connectivity index (χ1v) is 3.06. The third-order valence-corrected chi connectivity index (χ3v) is 0.940. The summed E-state index contributed by atoms with van der Waals surface area (Å²) in [5.74, 6) is 1.80. The molecule has 0 heterocycles. The molecule has 0 aliphatic rings. The number of esters is 1. The van der Waals surface area contributed by atoms with Crippen LogP contribution in [-0.2, 0) is 9.53 Å². The zero-order chi connectivity index (χ0) is 7.98. The fourth-order valence-corrected chi connectivity index (χ4v) is 0.469. The van der Waals surface area contributed by atoms with Crippen LogP contribution >= 0.6 is 0 Å². The number of hydrogen-bond acceptors (Lipinski definition) is 2. The molecule has 0 saturated heterocycles. The van der Waals surface area contributed by atoms with E-state index >= 15 is 0 Å². The molecule has 0 aromatic carbocycles. The molecule has 0 N–H and O–H groups in total. The second-order valence-electron chi connectivity index (χ2n) is 1.57. The molecule has 10 heavy (non-hydrogen) atoms. The van der Waals surface area contributed by atoms with Gasteiger partial charge in [-0.15, -0.1) is 6.42 Å². The van der Waals surface area contributed by atoms with E-state index in [0.717, 1.165) is 0 Å². The maximum Gasteiger partial charge on any atom is 0.346 e. The topological polar surface area (TPSA) is 26.3 Å². The normalized spacial score (nSPS) is 10.3. The summed E-state index contributed by atoms with van der Waals surface area (Å²) in [5.41, 5.74) is 0.279. The monoisotopic (exact) mass is 138 g/mol. The Bertz CT molecular complexity index is 184. The number of allylic oxidation sites excluding steroid dienone is 1. The van der Waals surface area contributed by atoms with E-state index in [1.807, 2.05) is 0 Å². The maximum absolute atomic E-state index is 10.8. The van der Waals surface area contributed by atoms with Gasteiger partial charge in [0.05, 0.1) is 6.61 Å². The number of terminal acetylenes is 1. The summed E-state index contributed by atoms with van der Waals surface area (Å²) in [5, 5.41) is 0. The van der Waals surface area contributed by atoms with Crippen molar-refractivity contribution >= 4 is 5.97 Å². The summed E-state index contributed by atoms with van der Waals surface area (Å²) < 4.78 is 4.64. The van der Waals surface area contributed by atoms with E-state index in [1.54, 1.807) is 19.9 Å². The predicted molar refractivity (Wildman–Crippen MR) is 39.2 cm³/mol. The van der Waals surface area contributed by atoms with E-state index in [9.17, 15) is 4.79 Å². The Morgan fingerprint density at radius 1 is 1.80 bits per heavy atom. The molecule has 0 aromatic rings. The molecule has 0 aromatic heterocycles. The SMILES string of the molecule is C#C/C(=C\C)C(=O)OCC. The van der Waals surface area contributed by atoms with Gasteiger partial charge in [0.25, 0.3) is 0 Å². The minimum atomic E-state index is -0.424. The van der Waals surface area contributed by atoms with Crippen LogP contribution in [0.4, 0.5) is 0 Å². The van der Waals surface area contributed by atoms with Crippen LogP contribution in [0.5, 0.6) is 0 Å². The number of hydrogen-bond donors (Lipinski definition) is 0. The molecular weight excluding hydrogens is 128 g/mol. The summed E-state index contributed by atoms with van der Waals surface area (Å²) >= 11 is 0. The summed E-state index contributed by atoms with van der Waals surface area (Å²) in [6, 6.07) is 0. The van der Waals surface area contributed by atoms with Crippen molar-refractivity contribution in [3.05, 3.63) is 11.6 Å². The van der Waals surface area contributed by atoms with Crippen molar-refractivity contribution in [2.24, 2.45) is 0 Å². The van der Waals surface area contributed by atoms with Gasteiger partial charge in [0.2, 0.25) is 0 Å². The molecule has 0 aliphatic carbocycles. The Balaban J connectivity index is 4.08. The fraction of sp³-hybridized carbons (Fsp3) is 0.375. The highest BCUT2D eigenvalue weighted by molar-refractivity contribution is 5.93. The van der Waals surface area contributed by atoms with Gasteiger partial charge < -0.3 is 4.74 Å². The lowest BCUT2D eigenvalue weighted by Crippen LogP contribution is -2.05. The molecule has 0 atom stereocenters. The van der Waals surface area contributed by atoms with Crippen LogP contribution in [0.1, 0.15) is 13.8 Å². The van der Waals surface area contributed by atoms with Gasteiger partial charge in [-0.1, -0.05) is 12.0 Å². The van der Waals surface area contributed by atoms with Gasteiger partial charge in [0.15, 0.2) is 0 Å². The van der Waals surface area contributed by atoms with Crippen molar-refractivity contribution in [3.63, 3.8) is 0 Å². The summed E-state index contributed by atoms with van der Waals surface area (Å²) in [7, 11) is 0. The Hall–Kier alpha value is -1.23. The van der Waals surface area contributed by atoms with Gasteiger partial charge in [-0.2, -0.15) is 0 Å². The molecule has 0 aliphatic heterocycles. The lowest BCUT2D eigenvalue weighted by Gasteiger charge is -1.97. The minimum Gasteiger partial charge on any atom is -0.462 e. The van der Waals surface area contributed by atoms with Gasteiger partial charge in [-0.3, -0.25) is 0 Å². The van der Waals surface area contributed by atoms with Gasteiger partial charge in [-0.05, 0) is 13.8 Å². The molecule has 0 bridgehead atoms. The first-order chi connectivity index (χ1) is 4.76. The average Bonchev–Trinajstić information content (AvgIpc) is 1.91. The molecule has 2 heteroatoms. The van der Waals surface area contributed by atoms with Crippen molar-refractivity contribution in [1.29, 1.82) is 0 Å². The lowest BCUT2D eigenvalue weighted by atomic mass is 10.3. The summed E-state index contributed by atoms with van der Waals surface area (Å²) in [6.45, 7) is 3.80. The largest absolute Gasteiger partial charge is 0.462 e. The van der Waals surface area contributed by atoms with Crippen LogP contribution in [0.15, 0.2) is 11.6 Å². The van der Waals surface area contributed by atoms with Crippen LogP contribution in [0.2, 0.25) is 0 Å². The third kappa shape index (κ3) is 2.36. The molecule has 0 radical (unpaired) electrons. The minimum absolute atomic E-state index is 0.279. The molecule has 2 nitrogen and oxygen atoms in total. The number of carbonyl (C=O) groups excluding carboxylic acids is 1. The van der Waals surface area contributed by atoms with Crippen molar-refractivity contribution in [2.45, 2.75) is 13.8 Å². The van der Waals surface area contributed by atoms with Crippen molar-refractivity contribution in [3.8, 4) is 12.3 Å². The van der Waals surface area contributed by atoms with Crippen LogP contribution in [0, 0.1) is 12.3 Å². The Morgan fingerprint density at radius 2 is 2.40 bits per heavy atom. The van der Waals surface area contributed by atoms with Gasteiger partial charge >= 0.3 is 5.97 Å². The van der Waals surface area contributed by atoms with Crippen LogP contribution in [0.3, 0.4) is 0 Å². The predicted octanol–water partition coefficient (Wildman–Crippen LogP) is 1.13. The summed E-state index contributed by atoms with van der Waals surface area (Å²) in [6.07, 6.45) is 6.55. The molecule has 0 rings (SSSR count). The summed E-state index contributed by atoms with van der Waals surface area (Å²) in [4.78, 5) is 10.8. The van der Waals surface area contributed by atoms with Crippen LogP contribution in [0.25, 0.3) is 0 Å². The van der Waals surface area contributed by atoms with E-state index in [0.29, 0.717) is 6.61 Å². The first-order valence-electron chi connectivity index (χ1n) is 3.06. The highest BCUT2D eigenvalue weighted by Gasteiger charge is 2.03. The standard InChI is InChI=1S/C8H10O2/c1-4-7(5-2)8(9)10-6-3/h1,5H,6H2,2-3H3/b7-5+.